The lowest BCUT2D eigenvalue weighted by molar-refractivity contribution is 0.598. The van der Waals surface area contributed by atoms with E-state index in [-0.39, 0.29) is 4.90 Å². The number of primary sulfonamides is 1. The summed E-state index contributed by atoms with van der Waals surface area (Å²) in [7, 11) is -3.63. The highest BCUT2D eigenvalue weighted by Crippen LogP contribution is 2.49. The van der Waals surface area contributed by atoms with Gasteiger partial charge in [0.05, 0.1) is 4.90 Å². The fraction of sp³-hybridized carbons (Fsp3) is 0.200. The van der Waals surface area contributed by atoms with Crippen molar-refractivity contribution in [3.63, 3.8) is 0 Å². The molecule has 5 heteroatoms. The van der Waals surface area contributed by atoms with E-state index in [1.165, 1.54) is 17.5 Å². The molecule has 0 amide bonds. The number of allylic oxidation sites excluding steroid dienone is 2. The molecule has 2 N–H and O–H groups in total. The van der Waals surface area contributed by atoms with Crippen LogP contribution in [0.5, 0.6) is 0 Å². The van der Waals surface area contributed by atoms with Crippen molar-refractivity contribution in [2.75, 3.05) is 0 Å². The van der Waals surface area contributed by atoms with Gasteiger partial charge in [-0.3, -0.25) is 0 Å². The molecule has 20 heavy (non-hydrogen) atoms. The van der Waals surface area contributed by atoms with E-state index in [1.54, 1.807) is 24.3 Å². The van der Waals surface area contributed by atoms with Gasteiger partial charge in [-0.15, -0.1) is 0 Å². The summed E-state index contributed by atoms with van der Waals surface area (Å²) in [5, 5.41) is 5.11. The van der Waals surface area contributed by atoms with Crippen LogP contribution in [0, 0.1) is 0 Å². The zero-order chi connectivity index (χ0) is 13.9. The van der Waals surface area contributed by atoms with Gasteiger partial charge in [-0.05, 0) is 41.8 Å². The zero-order valence-corrected chi connectivity index (χ0v) is 11.5. The molecule has 1 aromatic carbocycles. The standard InChI is InChI=1S/C15H14N2O2S/c16-20(18,19)13-5-3-12(4-6-13)17-8-14-10-1-2-11(7-10)15(14)9-17/h1-6,8-11H,7H2,(H2,16,18,19). The third kappa shape index (κ3) is 1.67. The van der Waals surface area contributed by atoms with Crippen molar-refractivity contribution in [2.24, 2.45) is 5.14 Å². The first kappa shape index (κ1) is 11.9. The predicted molar refractivity (Wildman–Crippen MR) is 76.4 cm³/mol. The molecule has 0 saturated heterocycles. The van der Waals surface area contributed by atoms with Crippen LogP contribution in [0.25, 0.3) is 5.69 Å². The zero-order valence-electron chi connectivity index (χ0n) is 10.7. The van der Waals surface area contributed by atoms with Gasteiger partial charge < -0.3 is 4.57 Å². The molecule has 2 unspecified atom stereocenters. The van der Waals surface area contributed by atoms with Gasteiger partial charge in [-0.25, -0.2) is 13.6 Å². The number of benzene rings is 1. The van der Waals surface area contributed by atoms with Crippen molar-refractivity contribution < 1.29 is 8.42 Å². The van der Waals surface area contributed by atoms with Crippen LogP contribution in [0.4, 0.5) is 0 Å². The molecule has 0 saturated carbocycles. The SMILES string of the molecule is NS(=O)(=O)c1ccc(-n2cc3c(c2)C2C=CC3C2)cc1. The number of aromatic nitrogens is 1. The number of nitrogens with two attached hydrogens (primary N) is 1. The minimum atomic E-state index is -3.63. The average Bonchev–Trinajstić information content (AvgIpc) is 3.10. The summed E-state index contributed by atoms with van der Waals surface area (Å²) < 4.78 is 24.6. The fourth-order valence-corrected chi connectivity index (χ4v) is 3.74. The van der Waals surface area contributed by atoms with Crippen LogP contribution >= 0.6 is 0 Å². The Morgan fingerprint density at radius 3 is 2.05 bits per heavy atom. The molecular weight excluding hydrogens is 272 g/mol. The third-order valence-electron chi connectivity index (χ3n) is 4.24. The normalized spacial score (nSPS) is 23.2. The number of nitrogens with zero attached hydrogens (tertiary/aromatic N) is 1. The Hall–Kier alpha value is -1.85. The molecule has 2 aromatic rings. The summed E-state index contributed by atoms with van der Waals surface area (Å²) in [6, 6.07) is 6.65. The quantitative estimate of drug-likeness (QED) is 0.861. The van der Waals surface area contributed by atoms with Gasteiger partial charge in [-0.2, -0.15) is 0 Å². The second-order valence-corrected chi connectivity index (χ2v) is 7.01. The second kappa shape index (κ2) is 3.84. The molecule has 1 aromatic heterocycles. The number of fused-ring (bicyclic) bond motifs is 5. The smallest absolute Gasteiger partial charge is 0.238 e. The Labute approximate surface area is 117 Å². The Bertz CT molecular complexity index is 787. The maximum Gasteiger partial charge on any atom is 0.238 e. The van der Waals surface area contributed by atoms with Crippen LogP contribution in [-0.4, -0.2) is 13.0 Å². The summed E-state index contributed by atoms with van der Waals surface area (Å²) in [5.74, 6) is 1.11. The molecule has 2 aliphatic rings. The van der Waals surface area contributed by atoms with Crippen LogP contribution < -0.4 is 5.14 Å². The van der Waals surface area contributed by atoms with Gasteiger partial charge in [0, 0.05) is 29.9 Å². The summed E-state index contributed by atoms with van der Waals surface area (Å²) in [5.41, 5.74) is 3.74. The van der Waals surface area contributed by atoms with Crippen molar-refractivity contribution in [2.45, 2.75) is 23.2 Å². The van der Waals surface area contributed by atoms with Gasteiger partial charge in [0.15, 0.2) is 0 Å². The molecule has 102 valence electrons. The number of hydrogen-bond acceptors (Lipinski definition) is 2. The Balaban J connectivity index is 1.73. The molecule has 0 radical (unpaired) electrons. The van der Waals surface area contributed by atoms with Crippen LogP contribution in [0.3, 0.4) is 0 Å². The first-order valence-electron chi connectivity index (χ1n) is 6.56. The van der Waals surface area contributed by atoms with Gasteiger partial charge in [0.1, 0.15) is 0 Å². The Morgan fingerprint density at radius 1 is 1.00 bits per heavy atom. The highest BCUT2D eigenvalue weighted by molar-refractivity contribution is 7.89. The number of hydrogen-bond donors (Lipinski definition) is 1. The van der Waals surface area contributed by atoms with Gasteiger partial charge >= 0.3 is 0 Å². The lowest BCUT2D eigenvalue weighted by Gasteiger charge is -2.05. The van der Waals surface area contributed by atoms with Crippen LogP contribution in [0.1, 0.15) is 29.4 Å². The minimum absolute atomic E-state index is 0.141. The average molecular weight is 286 g/mol. The molecule has 4 nitrogen and oxygen atoms in total. The van der Waals surface area contributed by atoms with E-state index in [9.17, 15) is 8.42 Å². The molecule has 0 fully saturated rings. The van der Waals surface area contributed by atoms with E-state index in [4.69, 9.17) is 5.14 Å². The van der Waals surface area contributed by atoms with Gasteiger partial charge in [-0.1, -0.05) is 12.2 Å². The van der Waals surface area contributed by atoms with Crippen LogP contribution in [0.15, 0.2) is 53.7 Å². The summed E-state index contributed by atoms with van der Waals surface area (Å²) in [6.07, 6.45) is 10.1. The topological polar surface area (TPSA) is 65.1 Å². The van der Waals surface area contributed by atoms with E-state index in [0.717, 1.165) is 5.69 Å². The molecule has 4 rings (SSSR count). The summed E-state index contributed by atoms with van der Waals surface area (Å²) >= 11 is 0. The second-order valence-electron chi connectivity index (χ2n) is 5.45. The Morgan fingerprint density at radius 2 is 1.55 bits per heavy atom. The number of sulfonamides is 1. The largest absolute Gasteiger partial charge is 0.323 e. The van der Waals surface area contributed by atoms with E-state index in [1.807, 2.05) is 0 Å². The first-order chi connectivity index (χ1) is 9.52. The predicted octanol–water partition coefficient (Wildman–Crippen LogP) is 2.27. The van der Waals surface area contributed by atoms with E-state index < -0.39 is 10.0 Å². The monoisotopic (exact) mass is 286 g/mol. The van der Waals surface area contributed by atoms with Crippen molar-refractivity contribution in [3.05, 3.63) is 59.9 Å². The van der Waals surface area contributed by atoms with Crippen molar-refractivity contribution in [3.8, 4) is 5.69 Å². The Kier molecular flexibility index (Phi) is 2.29. The highest BCUT2D eigenvalue weighted by atomic mass is 32.2. The van der Waals surface area contributed by atoms with E-state index >= 15 is 0 Å². The molecule has 2 bridgehead atoms. The van der Waals surface area contributed by atoms with Crippen molar-refractivity contribution >= 4 is 10.0 Å². The molecule has 1 heterocycles. The van der Waals surface area contributed by atoms with Gasteiger partial charge in [0.2, 0.25) is 10.0 Å². The molecule has 0 spiro atoms. The summed E-state index contributed by atoms with van der Waals surface area (Å²) in [6.45, 7) is 0. The molecule has 2 atom stereocenters. The van der Waals surface area contributed by atoms with Crippen molar-refractivity contribution in [1.29, 1.82) is 0 Å². The third-order valence-corrected chi connectivity index (χ3v) is 5.16. The number of rotatable bonds is 2. The van der Waals surface area contributed by atoms with Crippen molar-refractivity contribution in [1.82, 2.24) is 4.57 Å². The summed E-state index contributed by atoms with van der Waals surface area (Å²) in [4.78, 5) is 0.141. The fourth-order valence-electron chi connectivity index (χ4n) is 3.22. The minimum Gasteiger partial charge on any atom is -0.323 e. The van der Waals surface area contributed by atoms with Crippen LogP contribution in [0.2, 0.25) is 0 Å². The highest BCUT2D eigenvalue weighted by Gasteiger charge is 2.33. The maximum absolute atomic E-state index is 11.3. The lowest BCUT2D eigenvalue weighted by Crippen LogP contribution is -2.11. The van der Waals surface area contributed by atoms with Gasteiger partial charge in [0.25, 0.3) is 0 Å². The molecular formula is C15H14N2O2S. The first-order valence-corrected chi connectivity index (χ1v) is 8.10. The van der Waals surface area contributed by atoms with E-state index in [2.05, 4.69) is 29.1 Å². The lowest BCUT2D eigenvalue weighted by atomic mass is 10.0. The molecule has 0 aliphatic heterocycles. The van der Waals surface area contributed by atoms with E-state index in [0.29, 0.717) is 11.8 Å². The maximum atomic E-state index is 11.3. The molecule has 2 aliphatic carbocycles. The van der Waals surface area contributed by atoms with Crippen LogP contribution in [-0.2, 0) is 10.0 Å².